The van der Waals surface area contributed by atoms with Crippen molar-refractivity contribution in [3.63, 3.8) is 0 Å². The fourth-order valence-electron chi connectivity index (χ4n) is 2.85. The Kier molecular flexibility index (Phi) is 6.34. The molecule has 6 heteroatoms. The fraction of sp³-hybridized carbons (Fsp3) is 0.217. The van der Waals surface area contributed by atoms with Gasteiger partial charge in [0.05, 0.1) is 19.9 Å². The first-order chi connectivity index (χ1) is 14.0. The molecule has 0 bridgehead atoms. The molecule has 1 aromatic heterocycles. The van der Waals surface area contributed by atoms with Crippen LogP contribution in [0.15, 0.2) is 60.8 Å². The van der Waals surface area contributed by atoms with Gasteiger partial charge in [0.25, 0.3) is 5.91 Å². The van der Waals surface area contributed by atoms with Crippen LogP contribution in [0.3, 0.4) is 0 Å². The largest absolute Gasteiger partial charge is 0.497 e. The van der Waals surface area contributed by atoms with E-state index < -0.39 is 0 Å². The van der Waals surface area contributed by atoms with E-state index in [4.69, 9.17) is 9.47 Å². The lowest BCUT2D eigenvalue weighted by Crippen LogP contribution is -2.14. The van der Waals surface area contributed by atoms with E-state index in [1.165, 1.54) is 5.56 Å². The number of ether oxygens (including phenoxy) is 2. The van der Waals surface area contributed by atoms with Gasteiger partial charge in [-0.1, -0.05) is 26.0 Å². The molecule has 0 radical (unpaired) electrons. The Balaban J connectivity index is 1.76. The Labute approximate surface area is 170 Å². The van der Waals surface area contributed by atoms with E-state index in [1.54, 1.807) is 44.7 Å². The van der Waals surface area contributed by atoms with E-state index in [1.807, 2.05) is 18.2 Å². The van der Waals surface area contributed by atoms with Crippen LogP contribution < -0.4 is 20.1 Å². The molecule has 0 saturated carbocycles. The Morgan fingerprint density at radius 1 is 0.931 bits per heavy atom. The Morgan fingerprint density at radius 2 is 1.69 bits per heavy atom. The van der Waals surface area contributed by atoms with Gasteiger partial charge in [-0.15, -0.1) is 0 Å². The molecule has 0 spiro atoms. The molecule has 2 aromatic carbocycles. The third-order valence-corrected chi connectivity index (χ3v) is 4.51. The van der Waals surface area contributed by atoms with Crippen molar-refractivity contribution in [3.05, 3.63) is 72.1 Å². The van der Waals surface area contributed by atoms with Crippen molar-refractivity contribution in [3.8, 4) is 11.5 Å². The topological polar surface area (TPSA) is 72.5 Å². The Hall–Kier alpha value is -3.54. The summed E-state index contributed by atoms with van der Waals surface area (Å²) in [6.45, 7) is 4.32. The van der Waals surface area contributed by atoms with Gasteiger partial charge in [-0.05, 0) is 47.9 Å². The van der Waals surface area contributed by atoms with E-state index in [9.17, 15) is 4.79 Å². The monoisotopic (exact) mass is 391 g/mol. The van der Waals surface area contributed by atoms with Gasteiger partial charge < -0.3 is 20.1 Å². The highest BCUT2D eigenvalue weighted by molar-refractivity contribution is 6.04. The number of rotatable bonds is 7. The number of aromatic nitrogens is 1. The summed E-state index contributed by atoms with van der Waals surface area (Å²) in [4.78, 5) is 16.9. The van der Waals surface area contributed by atoms with Crippen LogP contribution in [-0.4, -0.2) is 25.1 Å². The summed E-state index contributed by atoms with van der Waals surface area (Å²) in [5.41, 5.74) is 3.80. The van der Waals surface area contributed by atoms with Crippen LogP contribution in [0, 0.1) is 0 Å². The number of pyridine rings is 1. The molecule has 0 aliphatic heterocycles. The molecule has 150 valence electrons. The molecule has 0 aliphatic rings. The molecule has 6 nitrogen and oxygen atoms in total. The zero-order valence-corrected chi connectivity index (χ0v) is 17.0. The summed E-state index contributed by atoms with van der Waals surface area (Å²) in [7, 11) is 3.11. The van der Waals surface area contributed by atoms with Gasteiger partial charge in [0.15, 0.2) is 0 Å². The lowest BCUT2D eigenvalue weighted by Gasteiger charge is -2.12. The molecule has 0 unspecified atom stereocenters. The van der Waals surface area contributed by atoms with Crippen LogP contribution in [0.4, 0.5) is 17.1 Å². The molecule has 0 aliphatic carbocycles. The lowest BCUT2D eigenvalue weighted by molar-refractivity contribution is 0.102. The minimum absolute atomic E-state index is 0.290. The summed E-state index contributed by atoms with van der Waals surface area (Å²) in [6, 6.07) is 17.0. The minimum atomic E-state index is -0.338. The third kappa shape index (κ3) is 5.04. The maximum atomic E-state index is 12.7. The lowest BCUT2D eigenvalue weighted by atomic mass is 10.0. The van der Waals surface area contributed by atoms with E-state index in [2.05, 4.69) is 41.6 Å². The summed E-state index contributed by atoms with van der Waals surface area (Å²) in [5.74, 6) is 1.30. The number of anilines is 3. The summed E-state index contributed by atoms with van der Waals surface area (Å²) < 4.78 is 10.5. The van der Waals surface area contributed by atoms with Crippen molar-refractivity contribution in [2.45, 2.75) is 19.8 Å². The molecule has 3 aromatic rings. The first-order valence-corrected chi connectivity index (χ1v) is 9.36. The van der Waals surface area contributed by atoms with E-state index >= 15 is 0 Å². The second kappa shape index (κ2) is 9.10. The zero-order valence-electron chi connectivity index (χ0n) is 17.0. The maximum Gasteiger partial charge on any atom is 0.274 e. The molecule has 2 N–H and O–H groups in total. The van der Waals surface area contributed by atoms with Gasteiger partial charge >= 0.3 is 0 Å². The first kappa shape index (κ1) is 20.2. The average Bonchev–Trinajstić information content (AvgIpc) is 2.74. The number of carbonyl (C=O) groups is 1. The number of methoxy groups -OCH3 is 2. The second-order valence-electron chi connectivity index (χ2n) is 6.85. The number of nitrogens with zero attached hydrogens (tertiary/aromatic N) is 1. The highest BCUT2D eigenvalue weighted by Gasteiger charge is 2.13. The van der Waals surface area contributed by atoms with Gasteiger partial charge in [0.2, 0.25) is 0 Å². The normalized spacial score (nSPS) is 10.5. The van der Waals surface area contributed by atoms with Crippen molar-refractivity contribution in [1.82, 2.24) is 4.98 Å². The molecule has 0 fully saturated rings. The molecule has 29 heavy (non-hydrogen) atoms. The van der Waals surface area contributed by atoms with Crippen molar-refractivity contribution in [2.75, 3.05) is 24.9 Å². The number of hydrogen-bond donors (Lipinski definition) is 2. The molecule has 3 rings (SSSR count). The van der Waals surface area contributed by atoms with Crippen LogP contribution >= 0.6 is 0 Å². The van der Waals surface area contributed by atoms with Crippen LogP contribution in [0.25, 0.3) is 0 Å². The summed E-state index contributed by atoms with van der Waals surface area (Å²) in [6.07, 6.45) is 1.60. The molecule has 1 heterocycles. The van der Waals surface area contributed by atoms with Crippen LogP contribution in [0.2, 0.25) is 0 Å². The second-order valence-corrected chi connectivity index (χ2v) is 6.85. The fourth-order valence-corrected chi connectivity index (χ4v) is 2.85. The Bertz CT molecular complexity index is 985. The molecule has 0 atom stereocenters. The third-order valence-electron chi connectivity index (χ3n) is 4.51. The van der Waals surface area contributed by atoms with Crippen molar-refractivity contribution in [2.24, 2.45) is 0 Å². The quantitative estimate of drug-likeness (QED) is 0.578. The molecular formula is C23H25N3O3. The number of nitrogens with one attached hydrogen (secondary N) is 2. The number of benzene rings is 2. The molecule has 1 amide bonds. The van der Waals surface area contributed by atoms with Gasteiger partial charge in [0.1, 0.15) is 17.2 Å². The minimum Gasteiger partial charge on any atom is -0.497 e. The predicted molar refractivity (Wildman–Crippen MR) is 116 cm³/mol. The smallest absolute Gasteiger partial charge is 0.274 e. The van der Waals surface area contributed by atoms with E-state index in [-0.39, 0.29) is 5.91 Å². The van der Waals surface area contributed by atoms with Crippen molar-refractivity contribution in [1.29, 1.82) is 0 Å². The number of hydrogen-bond acceptors (Lipinski definition) is 5. The summed E-state index contributed by atoms with van der Waals surface area (Å²) >= 11 is 0. The summed E-state index contributed by atoms with van der Waals surface area (Å²) in [5, 5.41) is 6.13. The molecular weight excluding hydrogens is 366 g/mol. The van der Waals surface area contributed by atoms with Gasteiger partial charge in [-0.25, -0.2) is 0 Å². The van der Waals surface area contributed by atoms with Crippen molar-refractivity contribution >= 4 is 23.0 Å². The number of amides is 1. The van der Waals surface area contributed by atoms with Gasteiger partial charge in [-0.3, -0.25) is 9.78 Å². The van der Waals surface area contributed by atoms with Gasteiger partial charge in [0, 0.05) is 23.6 Å². The standard InChI is InChI=1S/C23H25N3O3/c1-15(2)16-5-7-17(8-6-16)25-18-11-12-24-21(13-18)23(27)26-20-14-19(28-3)9-10-22(20)29-4/h5-15H,1-4H3,(H,24,25)(H,26,27). The van der Waals surface area contributed by atoms with E-state index in [0.29, 0.717) is 28.8 Å². The van der Waals surface area contributed by atoms with Crippen LogP contribution in [-0.2, 0) is 0 Å². The average molecular weight is 391 g/mol. The number of carbonyl (C=O) groups excluding carboxylic acids is 1. The van der Waals surface area contributed by atoms with E-state index in [0.717, 1.165) is 11.4 Å². The molecule has 0 saturated heterocycles. The maximum absolute atomic E-state index is 12.7. The Morgan fingerprint density at radius 3 is 2.34 bits per heavy atom. The van der Waals surface area contributed by atoms with Crippen molar-refractivity contribution < 1.29 is 14.3 Å². The first-order valence-electron chi connectivity index (χ1n) is 9.36. The van der Waals surface area contributed by atoms with Crippen LogP contribution in [0.1, 0.15) is 35.8 Å². The predicted octanol–water partition coefficient (Wildman–Crippen LogP) is 5.22. The highest BCUT2D eigenvalue weighted by atomic mass is 16.5. The van der Waals surface area contributed by atoms with Gasteiger partial charge in [-0.2, -0.15) is 0 Å². The highest BCUT2D eigenvalue weighted by Crippen LogP contribution is 2.29. The van der Waals surface area contributed by atoms with Crippen LogP contribution in [0.5, 0.6) is 11.5 Å². The zero-order chi connectivity index (χ0) is 20.8. The SMILES string of the molecule is COc1ccc(OC)c(NC(=O)c2cc(Nc3ccc(C(C)C)cc3)ccn2)c1.